The minimum atomic E-state index is 0.271. The van der Waals surface area contributed by atoms with E-state index in [9.17, 15) is 0 Å². The number of nitrogens with one attached hydrogen (secondary N) is 1. The molecule has 0 saturated carbocycles. The molecule has 4 aromatic carbocycles. The van der Waals surface area contributed by atoms with Crippen LogP contribution in [0.15, 0.2) is 54.6 Å². The Bertz CT molecular complexity index is 1350. The molecular formula is C22H15NO3. The van der Waals surface area contributed by atoms with Gasteiger partial charge in [-0.2, -0.15) is 0 Å². The van der Waals surface area contributed by atoms with Gasteiger partial charge in [-0.05, 0) is 33.7 Å². The lowest BCUT2D eigenvalue weighted by molar-refractivity contribution is 0.171. The SMILES string of the molecule is COc1cc2ccccc2c2ccc3c(ccc4c5c([nH]c43)OCO5)c12. The first-order chi connectivity index (χ1) is 12.8. The molecular weight excluding hydrogens is 326 g/mol. The summed E-state index contributed by atoms with van der Waals surface area (Å²) in [4.78, 5) is 3.37. The number of fused-ring (bicyclic) bond motifs is 9. The summed E-state index contributed by atoms with van der Waals surface area (Å²) in [5.41, 5.74) is 1.03. The van der Waals surface area contributed by atoms with Crippen molar-refractivity contribution in [2.45, 2.75) is 0 Å². The van der Waals surface area contributed by atoms with Gasteiger partial charge in [0.2, 0.25) is 12.7 Å². The molecule has 6 rings (SSSR count). The molecule has 0 atom stereocenters. The first-order valence-electron chi connectivity index (χ1n) is 8.57. The molecule has 4 nitrogen and oxygen atoms in total. The number of ether oxygens (including phenoxy) is 3. The maximum Gasteiger partial charge on any atom is 0.238 e. The number of rotatable bonds is 1. The summed E-state index contributed by atoms with van der Waals surface area (Å²) in [5.74, 6) is 2.39. The summed E-state index contributed by atoms with van der Waals surface area (Å²) in [7, 11) is 1.73. The van der Waals surface area contributed by atoms with Crippen molar-refractivity contribution in [2.24, 2.45) is 0 Å². The van der Waals surface area contributed by atoms with Crippen LogP contribution in [-0.4, -0.2) is 18.9 Å². The van der Waals surface area contributed by atoms with Crippen LogP contribution in [0.2, 0.25) is 0 Å². The van der Waals surface area contributed by atoms with Gasteiger partial charge >= 0.3 is 0 Å². The number of benzene rings is 4. The third-order valence-corrected chi connectivity index (χ3v) is 5.30. The first kappa shape index (κ1) is 13.8. The van der Waals surface area contributed by atoms with Gasteiger partial charge in [0.25, 0.3) is 0 Å². The molecule has 5 aromatic rings. The molecule has 0 amide bonds. The van der Waals surface area contributed by atoms with Gasteiger partial charge in [-0.15, -0.1) is 0 Å². The van der Waals surface area contributed by atoms with Crippen LogP contribution < -0.4 is 14.2 Å². The smallest absolute Gasteiger partial charge is 0.238 e. The van der Waals surface area contributed by atoms with Gasteiger partial charge in [-0.25, -0.2) is 0 Å². The van der Waals surface area contributed by atoms with Crippen LogP contribution in [0.4, 0.5) is 0 Å². The monoisotopic (exact) mass is 341 g/mol. The molecule has 0 saturated heterocycles. The van der Waals surface area contributed by atoms with Crippen molar-refractivity contribution >= 4 is 43.2 Å². The van der Waals surface area contributed by atoms with E-state index in [2.05, 4.69) is 59.6 Å². The van der Waals surface area contributed by atoms with Crippen LogP contribution in [0.3, 0.4) is 0 Å². The van der Waals surface area contributed by atoms with Crippen LogP contribution in [0.5, 0.6) is 17.4 Å². The Morgan fingerprint density at radius 3 is 2.50 bits per heavy atom. The van der Waals surface area contributed by atoms with Crippen molar-refractivity contribution in [3.63, 3.8) is 0 Å². The third kappa shape index (κ3) is 1.63. The average Bonchev–Trinajstić information content (AvgIpc) is 3.28. The Hall–Kier alpha value is -3.40. The summed E-state index contributed by atoms with van der Waals surface area (Å²) >= 11 is 0. The largest absolute Gasteiger partial charge is 0.496 e. The number of hydrogen-bond acceptors (Lipinski definition) is 3. The zero-order valence-electron chi connectivity index (χ0n) is 14.1. The van der Waals surface area contributed by atoms with Crippen molar-refractivity contribution in [1.82, 2.24) is 4.98 Å². The average molecular weight is 341 g/mol. The minimum Gasteiger partial charge on any atom is -0.496 e. The molecule has 26 heavy (non-hydrogen) atoms. The topological polar surface area (TPSA) is 43.5 Å². The molecule has 1 aromatic heterocycles. The van der Waals surface area contributed by atoms with Gasteiger partial charge in [0, 0.05) is 16.2 Å². The predicted octanol–water partition coefficient (Wildman–Crippen LogP) is 5.36. The van der Waals surface area contributed by atoms with E-state index in [4.69, 9.17) is 14.2 Å². The molecule has 0 fully saturated rings. The Labute approximate surface area is 148 Å². The maximum atomic E-state index is 5.76. The highest BCUT2D eigenvalue weighted by Crippen LogP contribution is 2.45. The van der Waals surface area contributed by atoms with Gasteiger partial charge in [-0.3, -0.25) is 0 Å². The number of aromatic amines is 1. The lowest BCUT2D eigenvalue weighted by Crippen LogP contribution is -1.95. The van der Waals surface area contributed by atoms with Crippen LogP contribution >= 0.6 is 0 Å². The van der Waals surface area contributed by atoms with Crippen LogP contribution in [-0.2, 0) is 0 Å². The summed E-state index contributed by atoms with van der Waals surface area (Å²) in [6.45, 7) is 0.271. The molecule has 1 aliphatic heterocycles. The molecule has 1 N–H and O–H groups in total. The van der Waals surface area contributed by atoms with Crippen molar-refractivity contribution < 1.29 is 14.2 Å². The summed E-state index contributed by atoms with van der Waals surface area (Å²) < 4.78 is 16.9. The Morgan fingerprint density at radius 2 is 1.62 bits per heavy atom. The molecule has 0 bridgehead atoms. The van der Waals surface area contributed by atoms with E-state index in [-0.39, 0.29) is 6.79 Å². The fourth-order valence-corrected chi connectivity index (χ4v) is 4.15. The van der Waals surface area contributed by atoms with E-state index in [1.54, 1.807) is 7.11 Å². The van der Waals surface area contributed by atoms with Gasteiger partial charge in [0.05, 0.1) is 12.6 Å². The number of aromatic nitrogens is 1. The van der Waals surface area contributed by atoms with Gasteiger partial charge in [0.1, 0.15) is 5.75 Å². The highest BCUT2D eigenvalue weighted by atomic mass is 16.7. The van der Waals surface area contributed by atoms with E-state index in [1.807, 2.05) is 0 Å². The Kier molecular flexibility index (Phi) is 2.57. The van der Waals surface area contributed by atoms with Crippen molar-refractivity contribution in [1.29, 1.82) is 0 Å². The first-order valence-corrected chi connectivity index (χ1v) is 8.57. The summed E-state index contributed by atoms with van der Waals surface area (Å²) in [5, 5.41) is 8.05. The fourth-order valence-electron chi connectivity index (χ4n) is 4.15. The van der Waals surface area contributed by atoms with E-state index >= 15 is 0 Å². The second kappa shape index (κ2) is 4.82. The Balaban J connectivity index is 1.83. The summed E-state index contributed by atoms with van der Waals surface area (Å²) in [6, 6.07) is 19.1. The Morgan fingerprint density at radius 1 is 0.846 bits per heavy atom. The number of H-pyrrole nitrogens is 1. The van der Waals surface area contributed by atoms with Crippen LogP contribution in [0, 0.1) is 0 Å². The minimum absolute atomic E-state index is 0.271. The van der Waals surface area contributed by atoms with Gasteiger partial charge in [0.15, 0.2) is 5.75 Å². The molecule has 0 aliphatic carbocycles. The normalized spacial score (nSPS) is 13.3. The molecule has 126 valence electrons. The zero-order chi connectivity index (χ0) is 17.3. The molecule has 0 radical (unpaired) electrons. The second-order valence-corrected chi connectivity index (χ2v) is 6.56. The second-order valence-electron chi connectivity index (χ2n) is 6.56. The maximum absolute atomic E-state index is 5.76. The van der Waals surface area contributed by atoms with E-state index in [0.29, 0.717) is 5.88 Å². The lowest BCUT2D eigenvalue weighted by atomic mass is 9.95. The van der Waals surface area contributed by atoms with Crippen LogP contribution in [0.1, 0.15) is 0 Å². The van der Waals surface area contributed by atoms with Crippen molar-refractivity contribution in [3.8, 4) is 17.4 Å². The molecule has 4 heteroatoms. The van der Waals surface area contributed by atoms with Gasteiger partial charge < -0.3 is 19.2 Å². The zero-order valence-corrected chi connectivity index (χ0v) is 14.1. The lowest BCUT2D eigenvalue weighted by Gasteiger charge is -2.13. The standard InChI is InChI=1S/C22H15NO3/c1-24-18-10-12-4-2-3-5-13(12)14-6-8-16-15(19(14)18)7-9-17-20(16)23-22-21(17)25-11-26-22/h2-10,23H,11H2,1H3. The number of hydrogen-bond donors (Lipinski definition) is 1. The van der Waals surface area contributed by atoms with E-state index in [1.165, 1.54) is 16.2 Å². The van der Waals surface area contributed by atoms with E-state index in [0.717, 1.165) is 38.6 Å². The van der Waals surface area contributed by atoms with Crippen LogP contribution in [0.25, 0.3) is 43.2 Å². The van der Waals surface area contributed by atoms with Crippen molar-refractivity contribution in [2.75, 3.05) is 13.9 Å². The molecule has 1 aliphatic rings. The number of methoxy groups -OCH3 is 1. The van der Waals surface area contributed by atoms with Gasteiger partial charge in [-0.1, -0.05) is 42.5 Å². The third-order valence-electron chi connectivity index (χ3n) is 5.30. The highest BCUT2D eigenvalue weighted by molar-refractivity contribution is 6.24. The quantitative estimate of drug-likeness (QED) is 0.417. The molecule has 0 unspecified atom stereocenters. The molecule has 0 spiro atoms. The predicted molar refractivity (Wildman–Crippen MR) is 103 cm³/mol. The van der Waals surface area contributed by atoms with E-state index < -0.39 is 0 Å². The van der Waals surface area contributed by atoms with Crippen molar-refractivity contribution in [3.05, 3.63) is 54.6 Å². The summed E-state index contributed by atoms with van der Waals surface area (Å²) in [6.07, 6.45) is 0. The fraction of sp³-hybridized carbons (Fsp3) is 0.0909. The highest BCUT2D eigenvalue weighted by Gasteiger charge is 2.22. The molecule has 2 heterocycles.